The fourth-order valence-electron chi connectivity index (χ4n) is 1.30. The molecule has 0 spiro atoms. The molecule has 0 aliphatic carbocycles. The number of amides is 1. The van der Waals surface area contributed by atoms with Gasteiger partial charge in [0.1, 0.15) is 5.92 Å². The van der Waals surface area contributed by atoms with Gasteiger partial charge in [-0.2, -0.15) is 0 Å². The molecule has 2 atom stereocenters. The molecule has 7 heteroatoms. The van der Waals surface area contributed by atoms with Crippen LogP contribution in [-0.4, -0.2) is 34.3 Å². The third-order valence-corrected chi connectivity index (χ3v) is 1.99. The first-order valence-corrected chi connectivity index (χ1v) is 3.94. The van der Waals surface area contributed by atoms with Crippen LogP contribution in [0.1, 0.15) is 0 Å². The highest BCUT2D eigenvalue weighted by atomic mass is 16.4. The van der Waals surface area contributed by atoms with Gasteiger partial charge in [-0.3, -0.25) is 14.6 Å². The van der Waals surface area contributed by atoms with E-state index in [0.29, 0.717) is 0 Å². The molecule has 0 aromatic carbocycles. The topological polar surface area (TPSA) is 130 Å². The summed E-state index contributed by atoms with van der Waals surface area (Å²) in [7, 11) is 0. The van der Waals surface area contributed by atoms with Crippen LogP contribution in [0.15, 0.2) is 16.8 Å². The Labute approximate surface area is 83.9 Å². The predicted molar refractivity (Wildman–Crippen MR) is 48.0 cm³/mol. The summed E-state index contributed by atoms with van der Waals surface area (Å²) >= 11 is 0. The zero-order valence-corrected chi connectivity index (χ0v) is 7.45. The smallest absolute Gasteiger partial charge is 0.333 e. The van der Waals surface area contributed by atoms with Crippen LogP contribution in [0.2, 0.25) is 0 Å². The molecule has 0 aromatic heterocycles. The summed E-state index contributed by atoms with van der Waals surface area (Å²) in [5, 5.41) is 17.5. The highest BCUT2D eigenvalue weighted by Crippen LogP contribution is 2.23. The predicted octanol–water partition coefficient (Wildman–Crippen LogP) is -1.16. The molecule has 0 radical (unpaired) electrons. The van der Waals surface area contributed by atoms with Crippen LogP contribution in [0.4, 0.5) is 0 Å². The zero-order chi connectivity index (χ0) is 11.6. The summed E-state index contributed by atoms with van der Waals surface area (Å²) in [5.74, 6) is -6.44. The Morgan fingerprint density at radius 1 is 1.33 bits per heavy atom. The minimum Gasteiger partial charge on any atom is -0.481 e. The molecular weight excluding hydrogens is 204 g/mol. The summed E-state index contributed by atoms with van der Waals surface area (Å²) in [4.78, 5) is 35.8. The third kappa shape index (κ3) is 2.01. The molecule has 15 heavy (non-hydrogen) atoms. The normalized spacial score (nSPS) is 24.4. The lowest BCUT2D eigenvalue weighted by atomic mass is 9.84. The standard InChI is InChI=1S/C8H8N2O5/c9-6(11)5-3(7(12)13)1-10-2-4(5)8(14)15/h1-3,5H,(H2,9,11)(H,12,13)(H,14,15). The van der Waals surface area contributed by atoms with Crippen molar-refractivity contribution in [3.05, 3.63) is 11.8 Å². The van der Waals surface area contributed by atoms with Crippen LogP contribution in [-0.2, 0) is 14.4 Å². The van der Waals surface area contributed by atoms with Gasteiger partial charge in [-0.15, -0.1) is 0 Å². The van der Waals surface area contributed by atoms with Crippen LogP contribution in [0.3, 0.4) is 0 Å². The number of carbonyl (C=O) groups excluding carboxylic acids is 1. The second-order valence-corrected chi connectivity index (χ2v) is 2.93. The number of nitrogens with two attached hydrogens (primary N) is 1. The first-order chi connectivity index (χ1) is 6.95. The number of hydrogen-bond donors (Lipinski definition) is 3. The first kappa shape index (κ1) is 10.9. The Hall–Kier alpha value is -2.18. The lowest BCUT2D eigenvalue weighted by Crippen LogP contribution is -2.39. The minimum absolute atomic E-state index is 0.405. The molecule has 80 valence electrons. The Morgan fingerprint density at radius 2 is 1.93 bits per heavy atom. The molecule has 0 fully saturated rings. The first-order valence-electron chi connectivity index (χ1n) is 3.94. The van der Waals surface area contributed by atoms with E-state index in [2.05, 4.69) is 4.99 Å². The number of carbonyl (C=O) groups is 3. The molecular formula is C8H8N2O5. The highest BCUT2D eigenvalue weighted by Gasteiger charge is 2.38. The fourth-order valence-corrected chi connectivity index (χ4v) is 1.30. The maximum atomic E-state index is 11.0. The number of rotatable bonds is 3. The van der Waals surface area contributed by atoms with E-state index in [0.717, 1.165) is 12.4 Å². The monoisotopic (exact) mass is 212 g/mol. The van der Waals surface area contributed by atoms with Gasteiger partial charge in [-0.05, 0) is 0 Å². The highest BCUT2D eigenvalue weighted by molar-refractivity contribution is 6.04. The van der Waals surface area contributed by atoms with Crippen molar-refractivity contribution in [1.82, 2.24) is 0 Å². The molecule has 1 aliphatic rings. The molecule has 1 rings (SSSR count). The fraction of sp³-hybridized carbons (Fsp3) is 0.250. The van der Waals surface area contributed by atoms with E-state index in [-0.39, 0.29) is 0 Å². The van der Waals surface area contributed by atoms with Gasteiger partial charge in [-0.25, -0.2) is 4.79 Å². The van der Waals surface area contributed by atoms with Crippen molar-refractivity contribution in [3.63, 3.8) is 0 Å². The molecule has 0 saturated carbocycles. The number of nitrogens with zero attached hydrogens (tertiary/aromatic N) is 1. The SMILES string of the molecule is NC(=O)C1C(C(=O)O)=CN=CC1C(=O)O. The summed E-state index contributed by atoms with van der Waals surface area (Å²) in [6.45, 7) is 0. The lowest BCUT2D eigenvalue weighted by molar-refractivity contribution is -0.143. The molecule has 1 amide bonds. The molecule has 1 aliphatic heterocycles. The van der Waals surface area contributed by atoms with Crippen LogP contribution >= 0.6 is 0 Å². The van der Waals surface area contributed by atoms with Crippen LogP contribution < -0.4 is 5.73 Å². The van der Waals surface area contributed by atoms with Crippen LogP contribution in [0.5, 0.6) is 0 Å². The molecule has 0 saturated heterocycles. The van der Waals surface area contributed by atoms with E-state index in [9.17, 15) is 14.4 Å². The average molecular weight is 212 g/mol. The summed E-state index contributed by atoms with van der Waals surface area (Å²) < 4.78 is 0. The summed E-state index contributed by atoms with van der Waals surface area (Å²) in [5.41, 5.74) is 4.55. The molecule has 4 N–H and O–H groups in total. The molecule has 0 bridgehead atoms. The summed E-state index contributed by atoms with van der Waals surface area (Å²) in [6, 6.07) is 0. The van der Waals surface area contributed by atoms with Gasteiger partial charge >= 0.3 is 11.9 Å². The number of aliphatic imine (C=N–C) groups is 1. The lowest BCUT2D eigenvalue weighted by Gasteiger charge is -2.20. The quantitative estimate of drug-likeness (QED) is 0.543. The van der Waals surface area contributed by atoms with Crippen molar-refractivity contribution in [1.29, 1.82) is 0 Å². The van der Waals surface area contributed by atoms with Crippen molar-refractivity contribution in [2.24, 2.45) is 22.6 Å². The Balaban J connectivity index is 3.14. The largest absolute Gasteiger partial charge is 0.481 e. The Morgan fingerprint density at radius 3 is 2.33 bits per heavy atom. The molecule has 2 unspecified atom stereocenters. The van der Waals surface area contributed by atoms with E-state index in [4.69, 9.17) is 15.9 Å². The zero-order valence-electron chi connectivity index (χ0n) is 7.45. The molecule has 0 aromatic rings. The minimum atomic E-state index is -1.40. The number of carboxylic acid groups (broad SMARTS) is 2. The second-order valence-electron chi connectivity index (χ2n) is 2.93. The van der Waals surface area contributed by atoms with Gasteiger partial charge < -0.3 is 15.9 Å². The molecule has 1 heterocycles. The van der Waals surface area contributed by atoms with Gasteiger partial charge in [-0.1, -0.05) is 0 Å². The van der Waals surface area contributed by atoms with Gasteiger partial charge in [0.2, 0.25) is 5.91 Å². The van der Waals surface area contributed by atoms with Crippen LogP contribution in [0, 0.1) is 11.8 Å². The molecule has 7 nitrogen and oxygen atoms in total. The van der Waals surface area contributed by atoms with Gasteiger partial charge in [0, 0.05) is 12.4 Å². The number of hydrogen-bond acceptors (Lipinski definition) is 4. The summed E-state index contributed by atoms with van der Waals surface area (Å²) in [6.07, 6.45) is 1.92. The van der Waals surface area contributed by atoms with Crippen molar-refractivity contribution >= 4 is 24.1 Å². The number of aliphatic carboxylic acids is 2. The van der Waals surface area contributed by atoms with E-state index in [1.807, 2.05) is 0 Å². The van der Waals surface area contributed by atoms with E-state index in [1.54, 1.807) is 0 Å². The van der Waals surface area contributed by atoms with Gasteiger partial charge in [0.15, 0.2) is 0 Å². The van der Waals surface area contributed by atoms with Crippen molar-refractivity contribution in [2.75, 3.05) is 0 Å². The van der Waals surface area contributed by atoms with Crippen molar-refractivity contribution in [3.8, 4) is 0 Å². The maximum absolute atomic E-state index is 11.0. The number of carboxylic acids is 2. The Bertz CT molecular complexity index is 384. The van der Waals surface area contributed by atoms with E-state index in [1.165, 1.54) is 0 Å². The maximum Gasteiger partial charge on any atom is 0.333 e. The van der Waals surface area contributed by atoms with E-state index < -0.39 is 35.3 Å². The second kappa shape index (κ2) is 3.91. The van der Waals surface area contributed by atoms with Crippen molar-refractivity contribution < 1.29 is 24.6 Å². The van der Waals surface area contributed by atoms with E-state index >= 15 is 0 Å². The van der Waals surface area contributed by atoms with Crippen LogP contribution in [0.25, 0.3) is 0 Å². The third-order valence-electron chi connectivity index (χ3n) is 1.99. The van der Waals surface area contributed by atoms with Gasteiger partial charge in [0.05, 0.1) is 11.5 Å². The number of primary amides is 1. The van der Waals surface area contributed by atoms with Crippen molar-refractivity contribution in [2.45, 2.75) is 0 Å². The van der Waals surface area contributed by atoms with Gasteiger partial charge in [0.25, 0.3) is 0 Å². The average Bonchev–Trinajstić information content (AvgIpc) is 2.16. The Kier molecular flexibility index (Phi) is 2.84.